The largest absolute Gasteiger partial charge is 0.494 e. The molecule has 0 saturated carbocycles. The van der Waals surface area contributed by atoms with Gasteiger partial charge in [-0.2, -0.15) is 0 Å². The van der Waals surface area contributed by atoms with Gasteiger partial charge in [-0.05, 0) is 31.0 Å². The second-order valence-electron chi connectivity index (χ2n) is 4.81. The van der Waals surface area contributed by atoms with Gasteiger partial charge in [0, 0.05) is 11.8 Å². The summed E-state index contributed by atoms with van der Waals surface area (Å²) in [6, 6.07) is 8.06. The molecule has 0 unspecified atom stereocenters. The lowest BCUT2D eigenvalue weighted by molar-refractivity contribution is -0.142. The van der Waals surface area contributed by atoms with Crippen molar-refractivity contribution in [1.29, 1.82) is 0 Å². The van der Waals surface area contributed by atoms with Crippen molar-refractivity contribution < 1.29 is 19.0 Å². The third-order valence-corrected chi connectivity index (χ3v) is 3.57. The molecule has 0 atom stereocenters. The molecular formula is C15H20O4. The SMILES string of the molecule is CCOc1ccc(C2(CCC(=O)OC)COC2)cc1. The molecule has 1 fully saturated rings. The van der Waals surface area contributed by atoms with Crippen LogP contribution in [-0.4, -0.2) is 32.9 Å². The van der Waals surface area contributed by atoms with Gasteiger partial charge in [0.05, 0.1) is 26.9 Å². The number of carbonyl (C=O) groups is 1. The second-order valence-corrected chi connectivity index (χ2v) is 4.81. The lowest BCUT2D eigenvalue weighted by Gasteiger charge is -2.42. The Morgan fingerprint density at radius 1 is 1.32 bits per heavy atom. The summed E-state index contributed by atoms with van der Waals surface area (Å²) in [5.74, 6) is 0.701. The molecule has 0 N–H and O–H groups in total. The highest BCUT2D eigenvalue weighted by Crippen LogP contribution is 2.37. The molecule has 104 valence electrons. The van der Waals surface area contributed by atoms with Crippen molar-refractivity contribution in [3.05, 3.63) is 29.8 Å². The number of methoxy groups -OCH3 is 1. The van der Waals surface area contributed by atoms with E-state index in [1.54, 1.807) is 0 Å². The fraction of sp³-hybridized carbons (Fsp3) is 0.533. The molecule has 4 heteroatoms. The molecule has 0 spiro atoms. The topological polar surface area (TPSA) is 44.8 Å². The van der Waals surface area contributed by atoms with E-state index in [9.17, 15) is 4.79 Å². The molecule has 0 radical (unpaired) electrons. The van der Waals surface area contributed by atoms with E-state index in [4.69, 9.17) is 14.2 Å². The predicted molar refractivity (Wildman–Crippen MR) is 71.4 cm³/mol. The summed E-state index contributed by atoms with van der Waals surface area (Å²) in [5.41, 5.74) is 1.16. The lowest BCUT2D eigenvalue weighted by Crippen LogP contribution is -2.47. The van der Waals surface area contributed by atoms with Crippen LogP contribution >= 0.6 is 0 Å². The molecular weight excluding hydrogens is 244 g/mol. The molecule has 2 rings (SSSR count). The molecule has 0 amide bonds. The van der Waals surface area contributed by atoms with Crippen LogP contribution in [0.25, 0.3) is 0 Å². The van der Waals surface area contributed by atoms with Crippen LogP contribution in [0.5, 0.6) is 5.75 Å². The lowest BCUT2D eigenvalue weighted by atomic mass is 9.75. The van der Waals surface area contributed by atoms with Crippen LogP contribution in [0.15, 0.2) is 24.3 Å². The van der Waals surface area contributed by atoms with Crippen molar-refractivity contribution in [3.63, 3.8) is 0 Å². The van der Waals surface area contributed by atoms with Crippen molar-refractivity contribution >= 4 is 5.97 Å². The van der Waals surface area contributed by atoms with E-state index >= 15 is 0 Å². The Bertz CT molecular complexity index is 420. The molecule has 0 aromatic heterocycles. The van der Waals surface area contributed by atoms with E-state index in [0.29, 0.717) is 26.2 Å². The van der Waals surface area contributed by atoms with Gasteiger partial charge in [0.15, 0.2) is 0 Å². The Morgan fingerprint density at radius 3 is 2.47 bits per heavy atom. The summed E-state index contributed by atoms with van der Waals surface area (Å²) in [7, 11) is 1.42. The molecule has 0 aliphatic carbocycles. The first kappa shape index (κ1) is 13.9. The van der Waals surface area contributed by atoms with Crippen molar-refractivity contribution in [2.24, 2.45) is 0 Å². The quantitative estimate of drug-likeness (QED) is 0.740. The summed E-state index contributed by atoms with van der Waals surface area (Å²) >= 11 is 0. The molecule has 0 bridgehead atoms. The Kier molecular flexibility index (Phi) is 4.43. The maximum Gasteiger partial charge on any atom is 0.305 e. The minimum absolute atomic E-state index is 0.0427. The molecule has 1 saturated heterocycles. The number of esters is 1. The van der Waals surface area contributed by atoms with Crippen LogP contribution in [0.1, 0.15) is 25.3 Å². The molecule has 1 aliphatic rings. The molecule has 1 aliphatic heterocycles. The molecule has 1 heterocycles. The van der Waals surface area contributed by atoms with Gasteiger partial charge in [-0.25, -0.2) is 0 Å². The maximum atomic E-state index is 11.3. The van der Waals surface area contributed by atoms with Gasteiger partial charge in [0.2, 0.25) is 0 Å². The van der Waals surface area contributed by atoms with E-state index in [1.165, 1.54) is 12.7 Å². The third-order valence-electron chi connectivity index (χ3n) is 3.57. The average Bonchev–Trinajstić information content (AvgIpc) is 2.39. The number of hydrogen-bond donors (Lipinski definition) is 0. The molecule has 19 heavy (non-hydrogen) atoms. The normalized spacial score (nSPS) is 16.5. The van der Waals surface area contributed by atoms with Crippen molar-refractivity contribution in [2.45, 2.75) is 25.2 Å². The monoisotopic (exact) mass is 264 g/mol. The van der Waals surface area contributed by atoms with Crippen molar-refractivity contribution in [1.82, 2.24) is 0 Å². The van der Waals surface area contributed by atoms with E-state index in [0.717, 1.165) is 12.2 Å². The highest BCUT2D eigenvalue weighted by molar-refractivity contribution is 5.69. The highest BCUT2D eigenvalue weighted by Gasteiger charge is 2.40. The average molecular weight is 264 g/mol. The van der Waals surface area contributed by atoms with Gasteiger partial charge in [0.1, 0.15) is 5.75 Å². The molecule has 1 aromatic rings. The number of benzene rings is 1. The van der Waals surface area contributed by atoms with Gasteiger partial charge in [-0.1, -0.05) is 12.1 Å². The number of rotatable bonds is 6. The van der Waals surface area contributed by atoms with Crippen LogP contribution in [0.2, 0.25) is 0 Å². The summed E-state index contributed by atoms with van der Waals surface area (Å²) < 4.78 is 15.5. The van der Waals surface area contributed by atoms with Gasteiger partial charge in [0.25, 0.3) is 0 Å². The summed E-state index contributed by atoms with van der Waals surface area (Å²) in [6.07, 6.45) is 1.18. The van der Waals surface area contributed by atoms with Gasteiger partial charge in [-0.15, -0.1) is 0 Å². The Morgan fingerprint density at radius 2 is 2.00 bits per heavy atom. The number of hydrogen-bond acceptors (Lipinski definition) is 4. The van der Waals surface area contributed by atoms with E-state index in [2.05, 4.69) is 12.1 Å². The fourth-order valence-electron chi connectivity index (χ4n) is 2.32. The smallest absolute Gasteiger partial charge is 0.305 e. The van der Waals surface area contributed by atoms with Crippen molar-refractivity contribution in [2.75, 3.05) is 26.9 Å². The van der Waals surface area contributed by atoms with Gasteiger partial charge < -0.3 is 14.2 Å². The molecule has 4 nitrogen and oxygen atoms in total. The second kappa shape index (κ2) is 6.06. The first-order valence-corrected chi connectivity index (χ1v) is 6.58. The van der Waals surface area contributed by atoms with Crippen LogP contribution in [0.4, 0.5) is 0 Å². The van der Waals surface area contributed by atoms with Crippen LogP contribution in [0, 0.1) is 0 Å². The van der Waals surface area contributed by atoms with Crippen LogP contribution in [0.3, 0.4) is 0 Å². The summed E-state index contributed by atoms with van der Waals surface area (Å²) in [5, 5.41) is 0. The number of ether oxygens (including phenoxy) is 3. The minimum Gasteiger partial charge on any atom is -0.494 e. The number of carbonyl (C=O) groups excluding carboxylic acids is 1. The first-order chi connectivity index (χ1) is 9.20. The van der Waals surface area contributed by atoms with Gasteiger partial charge in [-0.3, -0.25) is 4.79 Å². The summed E-state index contributed by atoms with van der Waals surface area (Å²) in [4.78, 5) is 11.3. The van der Waals surface area contributed by atoms with Crippen molar-refractivity contribution in [3.8, 4) is 5.75 Å². The van der Waals surface area contributed by atoms with E-state index in [1.807, 2.05) is 19.1 Å². The highest BCUT2D eigenvalue weighted by atomic mass is 16.5. The zero-order valence-electron chi connectivity index (χ0n) is 11.5. The van der Waals surface area contributed by atoms with E-state index in [-0.39, 0.29) is 11.4 Å². The standard InChI is InChI=1S/C15H20O4/c1-3-19-13-6-4-12(5-7-13)15(10-18-11-15)9-8-14(16)17-2/h4-7H,3,8-11H2,1-2H3. The minimum atomic E-state index is -0.169. The Hall–Kier alpha value is -1.55. The zero-order chi connectivity index (χ0) is 13.7. The fourth-order valence-corrected chi connectivity index (χ4v) is 2.32. The Labute approximate surface area is 113 Å². The predicted octanol–water partition coefficient (Wildman–Crippen LogP) is 2.31. The zero-order valence-corrected chi connectivity index (χ0v) is 11.5. The van der Waals surface area contributed by atoms with E-state index < -0.39 is 0 Å². The van der Waals surface area contributed by atoms with Gasteiger partial charge >= 0.3 is 5.97 Å². The Balaban J connectivity index is 2.05. The summed E-state index contributed by atoms with van der Waals surface area (Å²) in [6.45, 7) is 3.96. The van der Waals surface area contributed by atoms with Crippen LogP contribution in [-0.2, 0) is 19.7 Å². The van der Waals surface area contributed by atoms with Crippen LogP contribution < -0.4 is 4.74 Å². The third kappa shape index (κ3) is 3.07. The maximum absolute atomic E-state index is 11.3. The molecule has 1 aromatic carbocycles. The first-order valence-electron chi connectivity index (χ1n) is 6.58.